The Labute approximate surface area is 130 Å². The van der Waals surface area contributed by atoms with Gasteiger partial charge in [0, 0.05) is 18.7 Å². The molecule has 2 aromatic rings. The maximum atomic E-state index is 11.9. The van der Waals surface area contributed by atoms with Gasteiger partial charge in [-0.05, 0) is 25.1 Å². The van der Waals surface area contributed by atoms with Crippen molar-refractivity contribution in [2.45, 2.75) is 13.3 Å². The summed E-state index contributed by atoms with van der Waals surface area (Å²) in [5, 5.41) is 6.01. The van der Waals surface area contributed by atoms with Crippen molar-refractivity contribution in [3.05, 3.63) is 42.3 Å². The fourth-order valence-electron chi connectivity index (χ4n) is 1.75. The van der Waals surface area contributed by atoms with Crippen molar-refractivity contribution in [3.63, 3.8) is 0 Å². The van der Waals surface area contributed by atoms with Crippen LogP contribution in [0.4, 0.5) is 0 Å². The van der Waals surface area contributed by atoms with E-state index in [1.807, 2.05) is 30.3 Å². The third-order valence-electron chi connectivity index (χ3n) is 2.77. The highest BCUT2D eigenvalue weighted by molar-refractivity contribution is 5.92. The van der Waals surface area contributed by atoms with Crippen molar-refractivity contribution in [3.8, 4) is 11.5 Å². The molecule has 1 aromatic carbocycles. The Hall–Kier alpha value is -1.85. The van der Waals surface area contributed by atoms with Gasteiger partial charge in [0.1, 0.15) is 6.26 Å². The lowest BCUT2D eigenvalue weighted by atomic mass is 10.2. The average molecular weight is 310 g/mol. The topological polar surface area (TPSA) is 67.2 Å². The number of halogens is 1. The maximum absolute atomic E-state index is 11.9. The SMILES string of the molecule is CCCNCCNC(=O)c1coc(-c2ccccc2)n1.Cl. The smallest absolute Gasteiger partial charge is 0.273 e. The number of oxazole rings is 1. The number of hydrogen-bond acceptors (Lipinski definition) is 4. The Morgan fingerprint density at radius 1 is 1.19 bits per heavy atom. The Kier molecular flexibility index (Phi) is 7.50. The number of carbonyl (C=O) groups is 1. The van der Waals surface area contributed by atoms with E-state index in [9.17, 15) is 4.79 Å². The molecule has 21 heavy (non-hydrogen) atoms. The van der Waals surface area contributed by atoms with Gasteiger partial charge in [-0.2, -0.15) is 0 Å². The van der Waals surface area contributed by atoms with Gasteiger partial charge < -0.3 is 15.1 Å². The first-order chi connectivity index (χ1) is 9.81. The lowest BCUT2D eigenvalue weighted by Gasteiger charge is -2.03. The number of carbonyl (C=O) groups excluding carboxylic acids is 1. The zero-order valence-electron chi connectivity index (χ0n) is 12.0. The second kappa shape index (κ2) is 9.15. The molecule has 1 amide bonds. The van der Waals surface area contributed by atoms with Crippen LogP contribution in [0.15, 0.2) is 41.0 Å². The van der Waals surface area contributed by atoms with E-state index in [1.165, 1.54) is 6.26 Å². The number of nitrogens with one attached hydrogen (secondary N) is 2. The molecule has 0 radical (unpaired) electrons. The van der Waals surface area contributed by atoms with Gasteiger partial charge in [-0.3, -0.25) is 4.79 Å². The van der Waals surface area contributed by atoms with Gasteiger partial charge in [0.25, 0.3) is 5.91 Å². The molecule has 0 spiro atoms. The third-order valence-corrected chi connectivity index (χ3v) is 2.77. The Morgan fingerprint density at radius 3 is 2.67 bits per heavy atom. The van der Waals surface area contributed by atoms with Crippen LogP contribution in [0, 0.1) is 0 Å². The van der Waals surface area contributed by atoms with Crippen molar-refractivity contribution in [1.29, 1.82) is 0 Å². The third kappa shape index (κ3) is 5.21. The summed E-state index contributed by atoms with van der Waals surface area (Å²) in [4.78, 5) is 16.1. The molecule has 1 aromatic heterocycles. The van der Waals surface area contributed by atoms with Crippen molar-refractivity contribution in [1.82, 2.24) is 15.6 Å². The van der Waals surface area contributed by atoms with Gasteiger partial charge in [0.15, 0.2) is 5.69 Å². The van der Waals surface area contributed by atoms with Gasteiger partial charge in [-0.15, -0.1) is 12.4 Å². The first-order valence-corrected chi connectivity index (χ1v) is 6.81. The predicted molar refractivity (Wildman–Crippen MR) is 84.7 cm³/mol. The second-order valence-corrected chi connectivity index (χ2v) is 4.41. The minimum Gasteiger partial charge on any atom is -0.444 e. The molecule has 0 saturated carbocycles. The molecule has 0 unspecified atom stereocenters. The van der Waals surface area contributed by atoms with Crippen molar-refractivity contribution in [2.75, 3.05) is 19.6 Å². The molecule has 5 nitrogen and oxygen atoms in total. The summed E-state index contributed by atoms with van der Waals surface area (Å²) in [6.45, 7) is 4.39. The summed E-state index contributed by atoms with van der Waals surface area (Å²) in [7, 11) is 0. The molecule has 2 rings (SSSR count). The lowest BCUT2D eigenvalue weighted by molar-refractivity contribution is 0.0949. The monoisotopic (exact) mass is 309 g/mol. The summed E-state index contributed by atoms with van der Waals surface area (Å²) in [6.07, 6.45) is 2.47. The highest BCUT2D eigenvalue weighted by Crippen LogP contribution is 2.17. The molecule has 0 aliphatic heterocycles. The molecule has 0 aliphatic rings. The summed E-state index contributed by atoms with van der Waals surface area (Å²) in [5.41, 5.74) is 1.16. The molecule has 6 heteroatoms. The van der Waals surface area contributed by atoms with Crippen LogP contribution in [-0.2, 0) is 0 Å². The summed E-state index contributed by atoms with van der Waals surface area (Å²) in [6, 6.07) is 9.51. The zero-order valence-corrected chi connectivity index (χ0v) is 12.8. The Bertz CT molecular complexity index is 543. The predicted octanol–water partition coefficient (Wildman–Crippen LogP) is 2.49. The molecular weight excluding hydrogens is 290 g/mol. The molecule has 0 bridgehead atoms. The van der Waals surface area contributed by atoms with E-state index in [1.54, 1.807) is 0 Å². The highest BCUT2D eigenvalue weighted by Gasteiger charge is 2.12. The fraction of sp³-hybridized carbons (Fsp3) is 0.333. The first kappa shape index (κ1) is 17.2. The van der Waals surface area contributed by atoms with Crippen LogP contribution in [0.1, 0.15) is 23.8 Å². The van der Waals surface area contributed by atoms with Crippen LogP contribution in [0.25, 0.3) is 11.5 Å². The van der Waals surface area contributed by atoms with E-state index in [0.29, 0.717) is 18.1 Å². The van der Waals surface area contributed by atoms with E-state index in [2.05, 4.69) is 22.5 Å². The largest absolute Gasteiger partial charge is 0.444 e. The molecule has 114 valence electrons. The number of hydrogen-bond donors (Lipinski definition) is 2. The highest BCUT2D eigenvalue weighted by atomic mass is 35.5. The van der Waals surface area contributed by atoms with Crippen LogP contribution in [0.3, 0.4) is 0 Å². The average Bonchev–Trinajstić information content (AvgIpc) is 2.98. The lowest BCUT2D eigenvalue weighted by Crippen LogP contribution is -2.32. The molecular formula is C15H20ClN3O2. The molecule has 2 N–H and O–H groups in total. The molecule has 0 saturated heterocycles. The van der Waals surface area contributed by atoms with E-state index in [4.69, 9.17) is 4.42 Å². The van der Waals surface area contributed by atoms with Crippen molar-refractivity contribution < 1.29 is 9.21 Å². The van der Waals surface area contributed by atoms with E-state index >= 15 is 0 Å². The molecule has 1 heterocycles. The van der Waals surface area contributed by atoms with Crippen LogP contribution < -0.4 is 10.6 Å². The van der Waals surface area contributed by atoms with E-state index in [0.717, 1.165) is 25.1 Å². The van der Waals surface area contributed by atoms with E-state index < -0.39 is 0 Å². The van der Waals surface area contributed by atoms with Gasteiger partial charge in [-0.25, -0.2) is 4.98 Å². The maximum Gasteiger partial charge on any atom is 0.273 e. The van der Waals surface area contributed by atoms with E-state index in [-0.39, 0.29) is 18.3 Å². The zero-order chi connectivity index (χ0) is 14.2. The van der Waals surface area contributed by atoms with Gasteiger partial charge >= 0.3 is 0 Å². The van der Waals surface area contributed by atoms with Crippen LogP contribution >= 0.6 is 12.4 Å². The van der Waals surface area contributed by atoms with Gasteiger partial charge in [0.2, 0.25) is 5.89 Å². The number of nitrogens with zero attached hydrogens (tertiary/aromatic N) is 1. The van der Waals surface area contributed by atoms with Crippen LogP contribution in [-0.4, -0.2) is 30.5 Å². The second-order valence-electron chi connectivity index (χ2n) is 4.41. The Morgan fingerprint density at radius 2 is 1.95 bits per heavy atom. The number of amides is 1. The summed E-state index contributed by atoms with van der Waals surface area (Å²) < 4.78 is 5.33. The van der Waals surface area contributed by atoms with Crippen molar-refractivity contribution >= 4 is 18.3 Å². The number of aromatic nitrogens is 1. The Balaban J connectivity index is 0.00000220. The molecule has 0 atom stereocenters. The van der Waals surface area contributed by atoms with Crippen LogP contribution in [0.5, 0.6) is 0 Å². The molecule has 0 aliphatic carbocycles. The minimum absolute atomic E-state index is 0. The quantitative estimate of drug-likeness (QED) is 0.771. The molecule has 0 fully saturated rings. The van der Waals surface area contributed by atoms with Gasteiger partial charge in [-0.1, -0.05) is 25.1 Å². The van der Waals surface area contributed by atoms with Gasteiger partial charge in [0.05, 0.1) is 0 Å². The number of rotatable bonds is 7. The fourth-order valence-corrected chi connectivity index (χ4v) is 1.75. The van der Waals surface area contributed by atoms with Crippen LogP contribution in [0.2, 0.25) is 0 Å². The van der Waals surface area contributed by atoms with Crippen molar-refractivity contribution in [2.24, 2.45) is 0 Å². The minimum atomic E-state index is -0.214. The first-order valence-electron chi connectivity index (χ1n) is 6.81. The standard InChI is InChI=1S/C15H19N3O2.ClH/c1-2-8-16-9-10-17-14(19)13-11-20-15(18-13)12-6-4-3-5-7-12;/h3-7,11,16H,2,8-10H2,1H3,(H,17,19);1H. The normalized spacial score (nSPS) is 9.95. The summed E-state index contributed by atoms with van der Waals surface area (Å²) >= 11 is 0. The summed E-state index contributed by atoms with van der Waals surface area (Å²) in [5.74, 6) is 0.245. The number of benzene rings is 1.